The average molecular weight is 278 g/mol. The van der Waals surface area contributed by atoms with Crippen LogP contribution in [0.2, 0.25) is 0 Å². The molecule has 0 spiro atoms. The van der Waals surface area contributed by atoms with Gasteiger partial charge in [0.1, 0.15) is 6.10 Å². The number of hydrogen-bond acceptors (Lipinski definition) is 3. The number of carbonyl (C=O) groups is 1. The van der Waals surface area contributed by atoms with Gasteiger partial charge < -0.3 is 15.4 Å². The Balaban J connectivity index is 2.29. The first-order valence-corrected chi connectivity index (χ1v) is 7.02. The molecule has 0 aliphatic carbocycles. The highest BCUT2D eigenvalue weighted by atomic mass is 16.5. The molecule has 0 heterocycles. The summed E-state index contributed by atoms with van der Waals surface area (Å²) in [6, 6.07) is 10.3. The highest BCUT2D eigenvalue weighted by Gasteiger charge is 2.21. The van der Waals surface area contributed by atoms with Crippen LogP contribution in [-0.2, 0) is 16.1 Å². The summed E-state index contributed by atoms with van der Waals surface area (Å²) < 4.78 is 5.61. The molecule has 0 fully saturated rings. The van der Waals surface area contributed by atoms with Gasteiger partial charge >= 0.3 is 0 Å². The zero-order chi connectivity index (χ0) is 15.0. The number of amides is 1. The van der Waals surface area contributed by atoms with Crippen LogP contribution in [0, 0.1) is 5.41 Å². The van der Waals surface area contributed by atoms with Gasteiger partial charge in [0, 0.05) is 25.6 Å². The monoisotopic (exact) mass is 278 g/mol. The summed E-state index contributed by atoms with van der Waals surface area (Å²) in [4.78, 5) is 11.4. The molecule has 0 aliphatic heterocycles. The first-order valence-electron chi connectivity index (χ1n) is 7.02. The van der Waals surface area contributed by atoms with Crippen LogP contribution in [0.25, 0.3) is 0 Å². The Hall–Kier alpha value is -1.39. The van der Waals surface area contributed by atoms with Crippen LogP contribution in [0.15, 0.2) is 30.3 Å². The van der Waals surface area contributed by atoms with E-state index in [-0.39, 0.29) is 11.3 Å². The Labute approximate surface area is 121 Å². The first kappa shape index (κ1) is 16.7. The zero-order valence-corrected chi connectivity index (χ0v) is 12.9. The lowest BCUT2D eigenvalue weighted by atomic mass is 9.94. The van der Waals surface area contributed by atoms with Gasteiger partial charge in [-0.05, 0) is 12.5 Å². The molecule has 20 heavy (non-hydrogen) atoms. The third kappa shape index (κ3) is 6.17. The van der Waals surface area contributed by atoms with Crippen molar-refractivity contribution in [2.24, 2.45) is 5.41 Å². The molecule has 4 heteroatoms. The maximum Gasteiger partial charge on any atom is 0.248 e. The smallest absolute Gasteiger partial charge is 0.248 e. The summed E-state index contributed by atoms with van der Waals surface area (Å²) in [6.45, 7) is 8.25. The van der Waals surface area contributed by atoms with Gasteiger partial charge in [0.2, 0.25) is 5.91 Å². The number of benzene rings is 1. The van der Waals surface area contributed by atoms with Crippen molar-refractivity contribution in [3.8, 4) is 0 Å². The predicted octanol–water partition coefficient (Wildman–Crippen LogP) is 1.95. The summed E-state index contributed by atoms with van der Waals surface area (Å²) in [5, 5.41) is 6.01. The van der Waals surface area contributed by atoms with Crippen molar-refractivity contribution in [2.45, 2.75) is 33.4 Å². The van der Waals surface area contributed by atoms with Crippen LogP contribution in [0.4, 0.5) is 0 Å². The molecule has 1 rings (SSSR count). The molecule has 1 aromatic rings. The molecule has 0 radical (unpaired) electrons. The SMILES string of the molecule is CNC(=O)C(C)OCC(C)(C)CNCc1ccccc1. The average Bonchev–Trinajstić information content (AvgIpc) is 2.45. The molecule has 1 atom stereocenters. The van der Waals surface area contributed by atoms with Crippen molar-refractivity contribution >= 4 is 5.91 Å². The zero-order valence-electron chi connectivity index (χ0n) is 12.9. The Morgan fingerprint density at radius 2 is 1.95 bits per heavy atom. The number of likely N-dealkylation sites (N-methyl/N-ethyl adjacent to an activating group) is 1. The molecule has 0 saturated carbocycles. The number of rotatable bonds is 8. The second kappa shape index (κ2) is 8.02. The van der Waals surface area contributed by atoms with E-state index < -0.39 is 6.10 Å². The van der Waals surface area contributed by atoms with Gasteiger partial charge in [-0.1, -0.05) is 44.2 Å². The van der Waals surface area contributed by atoms with Crippen molar-refractivity contribution in [3.05, 3.63) is 35.9 Å². The van der Waals surface area contributed by atoms with Crippen LogP contribution in [-0.4, -0.2) is 32.2 Å². The van der Waals surface area contributed by atoms with Crippen molar-refractivity contribution in [1.29, 1.82) is 0 Å². The van der Waals surface area contributed by atoms with E-state index in [4.69, 9.17) is 4.74 Å². The first-order chi connectivity index (χ1) is 9.44. The molecule has 0 aliphatic rings. The van der Waals surface area contributed by atoms with Gasteiger partial charge in [-0.25, -0.2) is 0 Å². The van der Waals surface area contributed by atoms with Gasteiger partial charge in [0.15, 0.2) is 0 Å². The predicted molar refractivity (Wildman–Crippen MR) is 81.4 cm³/mol. The molecular formula is C16H26N2O2. The third-order valence-electron chi connectivity index (χ3n) is 3.12. The van der Waals surface area contributed by atoms with E-state index in [0.717, 1.165) is 13.1 Å². The second-order valence-corrected chi connectivity index (χ2v) is 5.82. The quantitative estimate of drug-likeness (QED) is 0.764. The Kier molecular flexibility index (Phi) is 6.68. The summed E-state index contributed by atoms with van der Waals surface area (Å²) in [7, 11) is 1.62. The van der Waals surface area contributed by atoms with Gasteiger partial charge in [-0.2, -0.15) is 0 Å². The van der Waals surface area contributed by atoms with E-state index in [1.165, 1.54) is 5.56 Å². The summed E-state index contributed by atoms with van der Waals surface area (Å²) in [5.41, 5.74) is 1.25. The van der Waals surface area contributed by atoms with E-state index in [0.29, 0.717) is 6.61 Å². The fourth-order valence-corrected chi connectivity index (χ4v) is 1.82. The summed E-state index contributed by atoms with van der Waals surface area (Å²) in [5.74, 6) is -0.0851. The van der Waals surface area contributed by atoms with Gasteiger partial charge in [-0.3, -0.25) is 4.79 Å². The van der Waals surface area contributed by atoms with Crippen LogP contribution >= 0.6 is 0 Å². The molecule has 4 nitrogen and oxygen atoms in total. The van der Waals surface area contributed by atoms with Crippen LogP contribution in [0.5, 0.6) is 0 Å². The third-order valence-corrected chi connectivity index (χ3v) is 3.12. The number of nitrogens with one attached hydrogen (secondary N) is 2. The van der Waals surface area contributed by atoms with Crippen molar-refractivity contribution in [1.82, 2.24) is 10.6 Å². The van der Waals surface area contributed by atoms with Gasteiger partial charge in [0.25, 0.3) is 0 Å². The van der Waals surface area contributed by atoms with Crippen molar-refractivity contribution < 1.29 is 9.53 Å². The van der Waals surface area contributed by atoms with Crippen LogP contribution < -0.4 is 10.6 Å². The van der Waals surface area contributed by atoms with Gasteiger partial charge in [-0.15, -0.1) is 0 Å². The van der Waals surface area contributed by atoms with Gasteiger partial charge in [0.05, 0.1) is 6.61 Å². The maximum atomic E-state index is 11.4. The lowest BCUT2D eigenvalue weighted by Crippen LogP contribution is -2.38. The highest BCUT2D eigenvalue weighted by Crippen LogP contribution is 2.15. The second-order valence-electron chi connectivity index (χ2n) is 5.82. The van der Waals surface area contributed by atoms with E-state index in [1.54, 1.807) is 14.0 Å². The Morgan fingerprint density at radius 3 is 2.55 bits per heavy atom. The molecule has 0 bridgehead atoms. The van der Waals surface area contributed by atoms with Crippen LogP contribution in [0.1, 0.15) is 26.3 Å². The standard InChI is InChI=1S/C16H26N2O2/c1-13(15(19)17-4)20-12-16(2,3)11-18-10-14-8-6-5-7-9-14/h5-9,13,18H,10-12H2,1-4H3,(H,17,19). The fraction of sp³-hybridized carbons (Fsp3) is 0.562. The minimum Gasteiger partial charge on any atom is -0.368 e. The molecule has 0 aromatic heterocycles. The Bertz CT molecular complexity index is 404. The molecule has 0 saturated heterocycles. The van der Waals surface area contributed by atoms with E-state index >= 15 is 0 Å². The normalized spacial score (nSPS) is 13.0. The molecule has 1 unspecified atom stereocenters. The van der Waals surface area contributed by atoms with E-state index in [1.807, 2.05) is 18.2 Å². The summed E-state index contributed by atoms with van der Waals surface area (Å²) >= 11 is 0. The minimum atomic E-state index is -0.409. The largest absolute Gasteiger partial charge is 0.368 e. The number of hydrogen-bond donors (Lipinski definition) is 2. The van der Waals surface area contributed by atoms with E-state index in [9.17, 15) is 4.79 Å². The van der Waals surface area contributed by atoms with E-state index in [2.05, 4.69) is 36.6 Å². The molecular weight excluding hydrogens is 252 g/mol. The minimum absolute atomic E-state index is 0.0168. The van der Waals surface area contributed by atoms with Crippen LogP contribution in [0.3, 0.4) is 0 Å². The lowest BCUT2D eigenvalue weighted by molar-refractivity contribution is -0.133. The van der Waals surface area contributed by atoms with Crippen molar-refractivity contribution in [2.75, 3.05) is 20.2 Å². The van der Waals surface area contributed by atoms with Crippen molar-refractivity contribution in [3.63, 3.8) is 0 Å². The summed E-state index contributed by atoms with van der Waals surface area (Å²) in [6.07, 6.45) is -0.409. The number of carbonyl (C=O) groups excluding carboxylic acids is 1. The molecule has 112 valence electrons. The topological polar surface area (TPSA) is 50.4 Å². The molecule has 1 aromatic carbocycles. The number of ether oxygens (including phenoxy) is 1. The Morgan fingerprint density at radius 1 is 1.30 bits per heavy atom. The molecule has 2 N–H and O–H groups in total. The molecule has 1 amide bonds. The maximum absolute atomic E-state index is 11.4. The lowest BCUT2D eigenvalue weighted by Gasteiger charge is -2.26. The fourth-order valence-electron chi connectivity index (χ4n) is 1.82. The highest BCUT2D eigenvalue weighted by molar-refractivity contribution is 5.79.